The Bertz CT molecular complexity index is 556. The Labute approximate surface area is 116 Å². The van der Waals surface area contributed by atoms with Crippen molar-refractivity contribution in [3.05, 3.63) is 23.2 Å². The van der Waals surface area contributed by atoms with Gasteiger partial charge in [-0.2, -0.15) is 0 Å². The summed E-state index contributed by atoms with van der Waals surface area (Å²) in [5, 5.41) is 12.4. The second-order valence-electron chi connectivity index (χ2n) is 5.02. The van der Waals surface area contributed by atoms with E-state index < -0.39 is 0 Å². The number of tetrazole rings is 1. The molecule has 0 bridgehead atoms. The number of anilines is 1. The van der Waals surface area contributed by atoms with Crippen molar-refractivity contribution in [2.45, 2.75) is 32.2 Å². The van der Waals surface area contributed by atoms with Crippen LogP contribution in [0.3, 0.4) is 0 Å². The summed E-state index contributed by atoms with van der Waals surface area (Å²) in [5.74, 6) is 1.48. The Balaban J connectivity index is 1.86. The largest absolute Gasteiger partial charge is 0.398 e. The van der Waals surface area contributed by atoms with Crippen molar-refractivity contribution in [3.63, 3.8) is 0 Å². The van der Waals surface area contributed by atoms with Crippen LogP contribution in [-0.4, -0.2) is 20.2 Å². The van der Waals surface area contributed by atoms with Crippen LogP contribution in [0.15, 0.2) is 18.2 Å². The van der Waals surface area contributed by atoms with E-state index in [-0.39, 0.29) is 0 Å². The molecule has 5 nitrogen and oxygen atoms in total. The van der Waals surface area contributed by atoms with Gasteiger partial charge in [0.15, 0.2) is 5.82 Å². The Morgan fingerprint density at radius 1 is 1.37 bits per heavy atom. The van der Waals surface area contributed by atoms with Crippen molar-refractivity contribution in [1.29, 1.82) is 0 Å². The standard InChI is InChI=1S/C13H16ClN5/c14-10-5-2-6-11(15)12(10)13-16-17-18-19(13)8-7-9-3-1-4-9/h2,5-6,9H,1,3-4,7-8,15H2. The predicted molar refractivity (Wildman–Crippen MR) is 74.6 cm³/mol. The third-order valence-electron chi connectivity index (χ3n) is 3.78. The van der Waals surface area contributed by atoms with Gasteiger partial charge in [0, 0.05) is 12.2 Å². The molecular formula is C13H16ClN5. The fourth-order valence-corrected chi connectivity index (χ4v) is 2.66. The molecule has 1 aromatic carbocycles. The summed E-state index contributed by atoms with van der Waals surface area (Å²) < 4.78 is 1.80. The minimum absolute atomic E-state index is 0.583. The Morgan fingerprint density at radius 3 is 2.89 bits per heavy atom. The average molecular weight is 278 g/mol. The highest BCUT2D eigenvalue weighted by Gasteiger charge is 2.20. The molecule has 19 heavy (non-hydrogen) atoms. The Morgan fingerprint density at radius 2 is 2.21 bits per heavy atom. The van der Waals surface area contributed by atoms with E-state index in [4.69, 9.17) is 17.3 Å². The topological polar surface area (TPSA) is 69.6 Å². The lowest BCUT2D eigenvalue weighted by molar-refractivity contribution is 0.277. The van der Waals surface area contributed by atoms with Crippen LogP contribution in [0.1, 0.15) is 25.7 Å². The van der Waals surface area contributed by atoms with E-state index in [1.807, 2.05) is 12.1 Å². The van der Waals surface area contributed by atoms with Crippen LogP contribution in [0.5, 0.6) is 0 Å². The lowest BCUT2D eigenvalue weighted by Gasteiger charge is -2.25. The summed E-state index contributed by atoms with van der Waals surface area (Å²) in [6, 6.07) is 5.44. The monoisotopic (exact) mass is 277 g/mol. The van der Waals surface area contributed by atoms with E-state index in [9.17, 15) is 0 Å². The molecule has 1 saturated carbocycles. The van der Waals surface area contributed by atoms with Gasteiger partial charge in [-0.3, -0.25) is 0 Å². The smallest absolute Gasteiger partial charge is 0.185 e. The Kier molecular flexibility index (Phi) is 3.38. The van der Waals surface area contributed by atoms with Gasteiger partial charge in [-0.1, -0.05) is 36.9 Å². The van der Waals surface area contributed by atoms with Crippen LogP contribution in [-0.2, 0) is 6.54 Å². The zero-order valence-electron chi connectivity index (χ0n) is 10.6. The lowest BCUT2D eigenvalue weighted by atomic mass is 9.83. The first-order valence-electron chi connectivity index (χ1n) is 6.56. The minimum atomic E-state index is 0.583. The molecule has 2 aromatic rings. The van der Waals surface area contributed by atoms with Crippen LogP contribution in [0.25, 0.3) is 11.4 Å². The van der Waals surface area contributed by atoms with Crippen molar-refractivity contribution >= 4 is 17.3 Å². The zero-order valence-corrected chi connectivity index (χ0v) is 11.3. The fourth-order valence-electron chi connectivity index (χ4n) is 2.40. The molecule has 100 valence electrons. The van der Waals surface area contributed by atoms with Gasteiger partial charge < -0.3 is 5.73 Å². The summed E-state index contributed by atoms with van der Waals surface area (Å²) >= 11 is 6.21. The summed E-state index contributed by atoms with van der Waals surface area (Å²) in [6.45, 7) is 0.817. The number of nitrogens with two attached hydrogens (primary N) is 1. The maximum atomic E-state index is 6.21. The maximum absolute atomic E-state index is 6.21. The van der Waals surface area contributed by atoms with Gasteiger partial charge in [0.05, 0.1) is 10.6 Å². The van der Waals surface area contributed by atoms with E-state index in [1.54, 1.807) is 10.7 Å². The number of halogens is 1. The summed E-state index contributed by atoms with van der Waals surface area (Å²) in [6.07, 6.45) is 5.12. The molecule has 0 amide bonds. The molecule has 0 radical (unpaired) electrons. The molecule has 2 N–H and O–H groups in total. The summed E-state index contributed by atoms with van der Waals surface area (Å²) in [4.78, 5) is 0. The molecule has 6 heteroatoms. The van der Waals surface area contributed by atoms with Crippen LogP contribution < -0.4 is 5.73 Å². The zero-order chi connectivity index (χ0) is 13.2. The molecule has 0 spiro atoms. The number of benzene rings is 1. The number of hydrogen-bond acceptors (Lipinski definition) is 4. The van der Waals surface area contributed by atoms with Gasteiger partial charge in [-0.25, -0.2) is 4.68 Å². The predicted octanol–water partition coefficient (Wildman–Crippen LogP) is 2.77. The van der Waals surface area contributed by atoms with Gasteiger partial charge in [0.1, 0.15) is 0 Å². The second-order valence-corrected chi connectivity index (χ2v) is 5.42. The molecule has 0 atom stereocenters. The molecule has 1 aliphatic carbocycles. The van der Waals surface area contributed by atoms with Gasteiger partial charge in [0.2, 0.25) is 0 Å². The number of nitrogens with zero attached hydrogens (tertiary/aromatic N) is 4. The van der Waals surface area contributed by atoms with Crippen molar-refractivity contribution in [1.82, 2.24) is 20.2 Å². The summed E-state index contributed by atoms with van der Waals surface area (Å²) in [7, 11) is 0. The van der Waals surface area contributed by atoms with Crippen LogP contribution >= 0.6 is 11.6 Å². The molecule has 0 saturated heterocycles. The first-order chi connectivity index (χ1) is 9.25. The van der Waals surface area contributed by atoms with Crippen LogP contribution in [0, 0.1) is 5.92 Å². The van der Waals surface area contributed by atoms with Gasteiger partial charge >= 0.3 is 0 Å². The molecule has 1 aromatic heterocycles. The van der Waals surface area contributed by atoms with Crippen LogP contribution in [0.2, 0.25) is 5.02 Å². The number of aryl methyl sites for hydroxylation is 1. The second kappa shape index (κ2) is 5.17. The van der Waals surface area contributed by atoms with Gasteiger partial charge in [-0.15, -0.1) is 5.10 Å². The van der Waals surface area contributed by atoms with Crippen LogP contribution in [0.4, 0.5) is 5.69 Å². The molecule has 1 aliphatic rings. The highest BCUT2D eigenvalue weighted by Crippen LogP contribution is 2.33. The fraction of sp³-hybridized carbons (Fsp3) is 0.462. The number of hydrogen-bond donors (Lipinski definition) is 1. The first kappa shape index (κ1) is 12.4. The van der Waals surface area contributed by atoms with Gasteiger partial charge in [-0.05, 0) is 34.9 Å². The van der Waals surface area contributed by atoms with Crippen molar-refractivity contribution in [2.24, 2.45) is 5.92 Å². The van der Waals surface area contributed by atoms with Crippen molar-refractivity contribution in [3.8, 4) is 11.4 Å². The third kappa shape index (κ3) is 2.42. The normalized spacial score (nSPS) is 15.4. The molecule has 0 aliphatic heterocycles. The maximum Gasteiger partial charge on any atom is 0.185 e. The number of nitrogen functional groups attached to an aromatic ring is 1. The molecule has 1 heterocycles. The van der Waals surface area contributed by atoms with E-state index in [0.29, 0.717) is 16.5 Å². The minimum Gasteiger partial charge on any atom is -0.398 e. The summed E-state index contributed by atoms with van der Waals surface area (Å²) in [5.41, 5.74) is 7.31. The average Bonchev–Trinajstić information content (AvgIpc) is 2.75. The quantitative estimate of drug-likeness (QED) is 0.873. The molecular weight excluding hydrogens is 262 g/mol. The number of rotatable bonds is 4. The van der Waals surface area contributed by atoms with E-state index in [1.165, 1.54) is 19.3 Å². The van der Waals surface area contributed by atoms with E-state index in [0.717, 1.165) is 24.4 Å². The van der Waals surface area contributed by atoms with E-state index in [2.05, 4.69) is 15.5 Å². The lowest BCUT2D eigenvalue weighted by Crippen LogP contribution is -2.15. The SMILES string of the molecule is Nc1cccc(Cl)c1-c1nnnn1CCC1CCC1. The molecule has 3 rings (SSSR count). The molecule has 0 unspecified atom stereocenters. The molecule has 1 fully saturated rings. The highest BCUT2D eigenvalue weighted by molar-refractivity contribution is 6.33. The number of aromatic nitrogens is 4. The van der Waals surface area contributed by atoms with Gasteiger partial charge in [0.25, 0.3) is 0 Å². The van der Waals surface area contributed by atoms with E-state index >= 15 is 0 Å². The first-order valence-corrected chi connectivity index (χ1v) is 6.94. The third-order valence-corrected chi connectivity index (χ3v) is 4.09. The highest BCUT2D eigenvalue weighted by atomic mass is 35.5. The Hall–Kier alpha value is -1.62. The van der Waals surface area contributed by atoms with Crippen molar-refractivity contribution in [2.75, 3.05) is 5.73 Å². The van der Waals surface area contributed by atoms with Crippen molar-refractivity contribution < 1.29 is 0 Å².